The van der Waals surface area contributed by atoms with Crippen LogP contribution < -0.4 is 5.32 Å². The van der Waals surface area contributed by atoms with E-state index in [1.54, 1.807) is 12.3 Å². The Balaban J connectivity index is 1.88. The lowest BCUT2D eigenvalue weighted by Crippen LogP contribution is -2.28. The molecule has 2 atom stereocenters. The van der Waals surface area contributed by atoms with Crippen LogP contribution in [-0.2, 0) is 0 Å². The first-order valence-electron chi connectivity index (χ1n) is 6.04. The van der Waals surface area contributed by atoms with Gasteiger partial charge < -0.3 is 5.32 Å². The average molecular weight is 253 g/mol. The number of rotatable bonds is 3. The second-order valence-electron chi connectivity index (χ2n) is 4.85. The van der Waals surface area contributed by atoms with Crippen molar-refractivity contribution in [3.8, 4) is 0 Å². The van der Waals surface area contributed by atoms with Gasteiger partial charge in [-0.2, -0.15) is 0 Å². The maximum Gasteiger partial charge on any atom is 0.252 e. The molecule has 1 aromatic heterocycles. The van der Waals surface area contributed by atoms with Gasteiger partial charge in [0.2, 0.25) is 0 Å². The molecule has 0 aromatic carbocycles. The Bertz CT molecular complexity index is 408. The third kappa shape index (κ3) is 3.19. The molecule has 0 spiro atoms. The smallest absolute Gasteiger partial charge is 0.252 e. The Morgan fingerprint density at radius 3 is 3.06 bits per heavy atom. The second kappa shape index (κ2) is 5.50. The van der Waals surface area contributed by atoms with E-state index in [2.05, 4.69) is 17.2 Å². The number of hydrogen-bond donors (Lipinski definition) is 1. The Hall–Kier alpha value is -1.09. The van der Waals surface area contributed by atoms with E-state index in [-0.39, 0.29) is 5.91 Å². The number of aromatic nitrogens is 1. The highest BCUT2D eigenvalue weighted by molar-refractivity contribution is 6.33. The summed E-state index contributed by atoms with van der Waals surface area (Å²) in [6.07, 6.45) is 6.78. The normalized spacial score (nSPS) is 23.6. The summed E-state index contributed by atoms with van der Waals surface area (Å²) in [5.41, 5.74) is 0.507. The van der Waals surface area contributed by atoms with E-state index in [1.165, 1.54) is 25.5 Å². The molecule has 1 aliphatic carbocycles. The topological polar surface area (TPSA) is 42.0 Å². The van der Waals surface area contributed by atoms with Crippen molar-refractivity contribution in [2.24, 2.45) is 11.8 Å². The number of nitrogens with zero attached hydrogens (tertiary/aromatic N) is 1. The van der Waals surface area contributed by atoms with Gasteiger partial charge in [0.05, 0.1) is 10.6 Å². The standard InChI is InChI=1S/C13H17ClN2O/c1-9-2-3-10(6-9)7-16-13(17)11-4-5-15-8-12(11)14/h4-5,8-10H,2-3,6-7H2,1H3,(H,16,17). The van der Waals surface area contributed by atoms with Crippen molar-refractivity contribution >= 4 is 17.5 Å². The van der Waals surface area contributed by atoms with Crippen LogP contribution in [0.4, 0.5) is 0 Å². The molecule has 0 radical (unpaired) electrons. The molecule has 92 valence electrons. The van der Waals surface area contributed by atoms with Gasteiger partial charge in [-0.1, -0.05) is 24.9 Å². The summed E-state index contributed by atoms with van der Waals surface area (Å²) in [5, 5.41) is 3.36. The highest BCUT2D eigenvalue weighted by Gasteiger charge is 2.22. The maximum atomic E-state index is 11.9. The molecule has 2 rings (SSSR count). The molecule has 1 aliphatic rings. The number of halogens is 1. The molecule has 0 saturated heterocycles. The molecule has 1 saturated carbocycles. The molecule has 1 N–H and O–H groups in total. The molecule has 4 heteroatoms. The fourth-order valence-electron chi connectivity index (χ4n) is 2.40. The van der Waals surface area contributed by atoms with E-state index in [9.17, 15) is 4.79 Å². The molecular formula is C13H17ClN2O. The summed E-state index contributed by atoms with van der Waals surface area (Å²) in [6, 6.07) is 1.65. The minimum Gasteiger partial charge on any atom is -0.352 e. The molecule has 0 bridgehead atoms. The van der Waals surface area contributed by atoms with Crippen molar-refractivity contribution in [1.82, 2.24) is 10.3 Å². The molecular weight excluding hydrogens is 236 g/mol. The molecule has 0 aliphatic heterocycles. The fraction of sp³-hybridized carbons (Fsp3) is 0.538. The second-order valence-corrected chi connectivity index (χ2v) is 5.26. The highest BCUT2D eigenvalue weighted by atomic mass is 35.5. The number of amides is 1. The Labute approximate surface area is 107 Å². The molecule has 1 fully saturated rings. The van der Waals surface area contributed by atoms with Gasteiger partial charge in [-0.05, 0) is 30.7 Å². The Morgan fingerprint density at radius 2 is 2.41 bits per heavy atom. The molecule has 1 aromatic rings. The molecule has 2 unspecified atom stereocenters. The lowest BCUT2D eigenvalue weighted by Gasteiger charge is -2.11. The summed E-state index contributed by atoms with van der Waals surface area (Å²) in [7, 11) is 0. The SMILES string of the molecule is CC1CCC(CNC(=O)c2ccncc2Cl)C1. The van der Waals surface area contributed by atoms with Gasteiger partial charge in [0, 0.05) is 18.9 Å². The third-order valence-corrected chi connectivity index (χ3v) is 3.67. The number of hydrogen-bond acceptors (Lipinski definition) is 2. The predicted molar refractivity (Wildman–Crippen MR) is 68.1 cm³/mol. The molecule has 3 nitrogen and oxygen atoms in total. The zero-order valence-electron chi connectivity index (χ0n) is 9.95. The van der Waals surface area contributed by atoms with Crippen LogP contribution in [-0.4, -0.2) is 17.4 Å². The van der Waals surface area contributed by atoms with Gasteiger partial charge >= 0.3 is 0 Å². The predicted octanol–water partition coefficient (Wildman–Crippen LogP) is 2.90. The van der Waals surface area contributed by atoms with Crippen LogP contribution in [0.3, 0.4) is 0 Å². The first-order chi connectivity index (χ1) is 8.16. The van der Waals surface area contributed by atoms with Crippen molar-refractivity contribution in [3.63, 3.8) is 0 Å². The number of carbonyl (C=O) groups excluding carboxylic acids is 1. The van der Waals surface area contributed by atoms with E-state index < -0.39 is 0 Å². The van der Waals surface area contributed by atoms with Gasteiger partial charge in [0.25, 0.3) is 5.91 Å². The zero-order valence-corrected chi connectivity index (χ0v) is 10.7. The molecule has 17 heavy (non-hydrogen) atoms. The van der Waals surface area contributed by atoms with Crippen LogP contribution >= 0.6 is 11.6 Å². The quantitative estimate of drug-likeness (QED) is 0.899. The first kappa shape index (κ1) is 12.4. The van der Waals surface area contributed by atoms with Gasteiger partial charge in [-0.3, -0.25) is 9.78 Å². The minimum absolute atomic E-state index is 0.100. The van der Waals surface area contributed by atoms with Crippen molar-refractivity contribution in [2.75, 3.05) is 6.54 Å². The van der Waals surface area contributed by atoms with Crippen LogP contribution in [0, 0.1) is 11.8 Å². The zero-order chi connectivity index (χ0) is 12.3. The van der Waals surface area contributed by atoms with E-state index >= 15 is 0 Å². The van der Waals surface area contributed by atoms with Gasteiger partial charge in [-0.15, -0.1) is 0 Å². The van der Waals surface area contributed by atoms with Crippen LogP contribution in [0.25, 0.3) is 0 Å². The summed E-state index contributed by atoms with van der Waals surface area (Å²) >= 11 is 5.91. The first-order valence-corrected chi connectivity index (χ1v) is 6.42. The van der Waals surface area contributed by atoms with Crippen LogP contribution in [0.5, 0.6) is 0 Å². The number of carbonyl (C=O) groups is 1. The largest absolute Gasteiger partial charge is 0.352 e. The van der Waals surface area contributed by atoms with Crippen molar-refractivity contribution in [2.45, 2.75) is 26.2 Å². The maximum absolute atomic E-state index is 11.9. The summed E-state index contributed by atoms with van der Waals surface area (Å²) in [5.74, 6) is 1.31. The average Bonchev–Trinajstić information content (AvgIpc) is 2.73. The van der Waals surface area contributed by atoms with Crippen molar-refractivity contribution in [1.29, 1.82) is 0 Å². The van der Waals surface area contributed by atoms with Gasteiger partial charge in [0.1, 0.15) is 0 Å². The van der Waals surface area contributed by atoms with Crippen molar-refractivity contribution in [3.05, 3.63) is 29.0 Å². The highest BCUT2D eigenvalue weighted by Crippen LogP contribution is 2.29. The van der Waals surface area contributed by atoms with E-state index in [0.717, 1.165) is 12.5 Å². The monoisotopic (exact) mass is 252 g/mol. The Morgan fingerprint density at radius 1 is 1.59 bits per heavy atom. The van der Waals surface area contributed by atoms with E-state index in [1.807, 2.05) is 0 Å². The molecule has 1 heterocycles. The van der Waals surface area contributed by atoms with Gasteiger partial charge in [0.15, 0.2) is 0 Å². The van der Waals surface area contributed by atoms with Crippen LogP contribution in [0.1, 0.15) is 36.5 Å². The summed E-state index contributed by atoms with van der Waals surface area (Å²) in [6.45, 7) is 3.02. The third-order valence-electron chi connectivity index (χ3n) is 3.37. The Kier molecular flexibility index (Phi) is 4.00. The summed E-state index contributed by atoms with van der Waals surface area (Å²) in [4.78, 5) is 15.7. The van der Waals surface area contributed by atoms with E-state index in [4.69, 9.17) is 11.6 Å². The fourth-order valence-corrected chi connectivity index (χ4v) is 2.61. The van der Waals surface area contributed by atoms with Crippen molar-refractivity contribution < 1.29 is 4.79 Å². The van der Waals surface area contributed by atoms with Crippen LogP contribution in [0.15, 0.2) is 18.5 Å². The number of nitrogens with one attached hydrogen (secondary N) is 1. The minimum atomic E-state index is -0.100. The van der Waals surface area contributed by atoms with Crippen LogP contribution in [0.2, 0.25) is 5.02 Å². The lowest BCUT2D eigenvalue weighted by molar-refractivity contribution is 0.0947. The number of pyridine rings is 1. The van der Waals surface area contributed by atoms with E-state index in [0.29, 0.717) is 16.5 Å². The van der Waals surface area contributed by atoms with Gasteiger partial charge in [-0.25, -0.2) is 0 Å². The molecule has 1 amide bonds. The summed E-state index contributed by atoms with van der Waals surface area (Å²) < 4.78 is 0. The lowest BCUT2D eigenvalue weighted by atomic mass is 10.1.